The molecule has 1 rings (SSSR count). The van der Waals surface area contributed by atoms with Crippen molar-refractivity contribution in [3.63, 3.8) is 0 Å². The number of carbonyl (C=O) groups excluding carboxylic acids is 2. The van der Waals surface area contributed by atoms with Gasteiger partial charge in [0.15, 0.2) is 0 Å². The highest BCUT2D eigenvalue weighted by atomic mass is 35.5. The lowest BCUT2D eigenvalue weighted by Crippen LogP contribution is -2.14. The van der Waals surface area contributed by atoms with Crippen LogP contribution < -0.4 is 0 Å². The quantitative estimate of drug-likeness (QED) is 0.213. The van der Waals surface area contributed by atoms with Crippen LogP contribution in [0, 0.1) is 0 Å². The predicted octanol–water partition coefficient (Wildman–Crippen LogP) is 5.71. The number of nitrogens with zero attached hydrogens (tertiary/aromatic N) is 1. The molecular weight excluding hydrogens is 396 g/mol. The third-order valence-electron chi connectivity index (χ3n) is 3.31. The largest absolute Gasteiger partial charge is 0.465 e. The molecule has 1 aromatic rings. The highest BCUT2D eigenvalue weighted by Gasteiger charge is 2.20. The van der Waals surface area contributed by atoms with E-state index >= 15 is 0 Å². The number of carbonyl (C=O) groups is 2. The molecule has 24 heavy (non-hydrogen) atoms. The van der Waals surface area contributed by atoms with Crippen molar-refractivity contribution < 1.29 is 14.3 Å². The highest BCUT2D eigenvalue weighted by Crippen LogP contribution is 2.35. The lowest BCUT2D eigenvalue weighted by atomic mass is 10.1. The van der Waals surface area contributed by atoms with Crippen molar-refractivity contribution in [2.75, 3.05) is 6.61 Å². The molecular formula is C16H19Cl4NO3. The molecule has 0 spiro atoms. The number of halogens is 4. The zero-order valence-corrected chi connectivity index (χ0v) is 16.4. The Hall–Kier alpha value is -0.550. The fourth-order valence-electron chi connectivity index (χ4n) is 2.05. The molecule has 0 radical (unpaired) electrons. The van der Waals surface area contributed by atoms with Crippen molar-refractivity contribution in [3.05, 3.63) is 25.9 Å². The Morgan fingerprint density at radius 1 is 0.958 bits per heavy atom. The number of pyridine rings is 1. The molecule has 0 aliphatic heterocycles. The fraction of sp³-hybridized carbons (Fsp3) is 0.562. The Kier molecular flexibility index (Phi) is 9.98. The second-order valence-corrected chi connectivity index (χ2v) is 6.80. The normalized spacial score (nSPS) is 10.7. The number of rotatable bonds is 10. The summed E-state index contributed by atoms with van der Waals surface area (Å²) < 4.78 is 5.05. The minimum absolute atomic E-state index is 0.0384. The molecule has 0 N–H and O–H groups in total. The second-order valence-electron chi connectivity index (χ2n) is 5.33. The standard InChI is InChI=1S/C16H19Cl4NO3/c1-2-3-4-5-6-7-24-12(23)9-10(22)8-11-13(17)15(19)21-16(20)14(11)18/h2-9H2,1H3. The number of hydrogen-bond donors (Lipinski definition) is 0. The molecule has 0 saturated heterocycles. The van der Waals surface area contributed by atoms with Crippen LogP contribution in [0.15, 0.2) is 0 Å². The van der Waals surface area contributed by atoms with E-state index in [1.165, 1.54) is 6.42 Å². The van der Waals surface area contributed by atoms with E-state index in [9.17, 15) is 9.59 Å². The van der Waals surface area contributed by atoms with E-state index < -0.39 is 5.97 Å². The SMILES string of the molecule is CCCCCCCOC(=O)CC(=O)Cc1c(Cl)c(Cl)nc(Cl)c1Cl. The molecule has 134 valence electrons. The van der Waals surface area contributed by atoms with Crippen molar-refractivity contribution in [3.8, 4) is 0 Å². The van der Waals surface area contributed by atoms with Gasteiger partial charge < -0.3 is 4.74 Å². The summed E-state index contributed by atoms with van der Waals surface area (Å²) in [5.74, 6) is -0.942. The fourth-order valence-corrected chi connectivity index (χ4v) is 2.94. The van der Waals surface area contributed by atoms with Gasteiger partial charge in [-0.15, -0.1) is 0 Å². The van der Waals surface area contributed by atoms with Gasteiger partial charge in [0, 0.05) is 12.0 Å². The number of esters is 1. The van der Waals surface area contributed by atoms with Crippen LogP contribution in [0.5, 0.6) is 0 Å². The summed E-state index contributed by atoms with van der Waals surface area (Å²) in [5, 5.41) is 0.0412. The first-order valence-corrected chi connectivity index (χ1v) is 9.24. The van der Waals surface area contributed by atoms with Gasteiger partial charge in [-0.25, -0.2) is 4.98 Å². The number of hydrogen-bond acceptors (Lipinski definition) is 4. The minimum Gasteiger partial charge on any atom is -0.465 e. The van der Waals surface area contributed by atoms with Crippen molar-refractivity contribution in [2.24, 2.45) is 0 Å². The Morgan fingerprint density at radius 3 is 2.12 bits per heavy atom. The number of Topliss-reactive ketones (excluding diaryl/α,β-unsaturated/α-hetero) is 1. The maximum Gasteiger partial charge on any atom is 0.313 e. The molecule has 1 heterocycles. The molecule has 0 aromatic carbocycles. The van der Waals surface area contributed by atoms with Crippen LogP contribution in [0.3, 0.4) is 0 Å². The third-order valence-corrected chi connectivity index (χ3v) is 4.87. The molecule has 0 saturated carbocycles. The number of unbranched alkanes of at least 4 members (excludes halogenated alkanes) is 4. The summed E-state index contributed by atoms with van der Waals surface area (Å²) in [7, 11) is 0. The average Bonchev–Trinajstić information content (AvgIpc) is 2.53. The van der Waals surface area contributed by atoms with Crippen molar-refractivity contribution in [1.82, 2.24) is 4.98 Å². The van der Waals surface area contributed by atoms with E-state index in [0.29, 0.717) is 6.61 Å². The molecule has 0 bridgehead atoms. The van der Waals surface area contributed by atoms with E-state index in [4.69, 9.17) is 51.1 Å². The van der Waals surface area contributed by atoms with Gasteiger partial charge in [0.1, 0.15) is 22.5 Å². The lowest BCUT2D eigenvalue weighted by Gasteiger charge is -2.09. The van der Waals surface area contributed by atoms with E-state index in [0.717, 1.165) is 25.7 Å². The van der Waals surface area contributed by atoms with E-state index in [1.54, 1.807) is 0 Å². The van der Waals surface area contributed by atoms with Crippen molar-refractivity contribution in [1.29, 1.82) is 0 Å². The zero-order chi connectivity index (χ0) is 18.1. The maximum atomic E-state index is 12.0. The topological polar surface area (TPSA) is 56.3 Å². The maximum absolute atomic E-state index is 12.0. The first kappa shape index (κ1) is 21.5. The van der Waals surface area contributed by atoms with Gasteiger partial charge in [-0.1, -0.05) is 79.0 Å². The van der Waals surface area contributed by atoms with Gasteiger partial charge in [-0.3, -0.25) is 9.59 Å². The van der Waals surface area contributed by atoms with Crippen LogP contribution in [0.25, 0.3) is 0 Å². The van der Waals surface area contributed by atoms with Gasteiger partial charge in [-0.2, -0.15) is 0 Å². The van der Waals surface area contributed by atoms with E-state index in [2.05, 4.69) is 11.9 Å². The summed E-state index contributed by atoms with van der Waals surface area (Å²) in [4.78, 5) is 27.4. The summed E-state index contributed by atoms with van der Waals surface area (Å²) in [6.07, 6.45) is 4.74. The molecule has 0 amide bonds. The zero-order valence-electron chi connectivity index (χ0n) is 13.3. The van der Waals surface area contributed by atoms with Crippen LogP contribution >= 0.6 is 46.4 Å². The predicted molar refractivity (Wildman–Crippen MR) is 97.3 cm³/mol. The summed E-state index contributed by atoms with van der Waals surface area (Å²) in [6, 6.07) is 0. The van der Waals surface area contributed by atoms with E-state index in [1.807, 2.05) is 0 Å². The minimum atomic E-state index is -0.561. The molecule has 8 heteroatoms. The highest BCUT2D eigenvalue weighted by molar-refractivity contribution is 6.46. The van der Waals surface area contributed by atoms with Crippen LogP contribution in [0.1, 0.15) is 51.0 Å². The molecule has 4 nitrogen and oxygen atoms in total. The molecule has 0 atom stereocenters. The summed E-state index contributed by atoms with van der Waals surface area (Å²) >= 11 is 23.6. The van der Waals surface area contributed by atoms with Crippen LogP contribution in [-0.4, -0.2) is 23.3 Å². The molecule has 0 aliphatic carbocycles. The first-order chi connectivity index (χ1) is 11.4. The summed E-state index contributed by atoms with van der Waals surface area (Å²) in [6.45, 7) is 2.46. The smallest absolute Gasteiger partial charge is 0.313 e. The monoisotopic (exact) mass is 413 g/mol. The van der Waals surface area contributed by atoms with Gasteiger partial charge >= 0.3 is 5.97 Å². The molecule has 0 aliphatic rings. The number of aromatic nitrogens is 1. The van der Waals surface area contributed by atoms with Gasteiger partial charge in [0.2, 0.25) is 0 Å². The Morgan fingerprint density at radius 2 is 1.54 bits per heavy atom. The van der Waals surface area contributed by atoms with Gasteiger partial charge in [0.25, 0.3) is 0 Å². The third kappa shape index (κ3) is 7.14. The average molecular weight is 415 g/mol. The first-order valence-electron chi connectivity index (χ1n) is 7.73. The Labute approximate surface area is 161 Å². The van der Waals surface area contributed by atoms with Gasteiger partial charge in [0.05, 0.1) is 16.7 Å². The Bertz CT molecular complexity index is 567. The van der Waals surface area contributed by atoms with Crippen molar-refractivity contribution in [2.45, 2.75) is 51.9 Å². The van der Waals surface area contributed by atoms with Crippen LogP contribution in [0.2, 0.25) is 20.4 Å². The molecule has 0 fully saturated rings. The van der Waals surface area contributed by atoms with Gasteiger partial charge in [-0.05, 0) is 6.42 Å². The van der Waals surface area contributed by atoms with E-state index in [-0.39, 0.29) is 44.5 Å². The van der Waals surface area contributed by atoms with Crippen LogP contribution in [-0.2, 0) is 20.7 Å². The number of ether oxygens (including phenoxy) is 1. The number of ketones is 1. The molecule has 0 unspecified atom stereocenters. The Balaban J connectivity index is 2.45. The van der Waals surface area contributed by atoms with Crippen molar-refractivity contribution >= 4 is 58.2 Å². The second kappa shape index (κ2) is 11.1. The lowest BCUT2D eigenvalue weighted by molar-refractivity contribution is -0.146. The summed E-state index contributed by atoms with van der Waals surface area (Å²) in [5.41, 5.74) is 0.265. The molecule has 1 aromatic heterocycles. The van der Waals surface area contributed by atoms with Crippen LogP contribution in [0.4, 0.5) is 0 Å².